The van der Waals surface area contributed by atoms with Gasteiger partial charge in [0.1, 0.15) is 0 Å². The molecule has 0 unspecified atom stereocenters. The van der Waals surface area contributed by atoms with Crippen LogP contribution >= 0.6 is 0 Å². The maximum atomic E-state index is 10.8. The van der Waals surface area contributed by atoms with E-state index in [0.29, 0.717) is 5.82 Å². The summed E-state index contributed by atoms with van der Waals surface area (Å²) in [5, 5.41) is 14.2. The number of aromatic hydroxyl groups is 1. The molecule has 1 aromatic heterocycles. The molecule has 2 N–H and O–H groups in total. The first kappa shape index (κ1) is 14.8. The maximum absolute atomic E-state index is 10.8. The third kappa shape index (κ3) is 2.89. The van der Waals surface area contributed by atoms with Crippen molar-refractivity contribution in [1.29, 1.82) is 0 Å². The van der Waals surface area contributed by atoms with Crippen molar-refractivity contribution in [1.82, 2.24) is 15.3 Å². The van der Waals surface area contributed by atoms with E-state index < -0.39 is 0 Å². The second kappa shape index (κ2) is 6.39. The van der Waals surface area contributed by atoms with E-state index in [1.807, 2.05) is 0 Å². The summed E-state index contributed by atoms with van der Waals surface area (Å²) in [6.07, 6.45) is 4.75. The molecule has 4 rings (SSSR count). The van der Waals surface area contributed by atoms with Gasteiger partial charge in [-0.25, -0.2) is 0 Å². The van der Waals surface area contributed by atoms with E-state index in [9.17, 15) is 5.11 Å². The highest BCUT2D eigenvalue weighted by Gasteiger charge is 2.27. The molecule has 4 heterocycles. The van der Waals surface area contributed by atoms with Crippen LogP contribution in [0, 0.1) is 0 Å². The van der Waals surface area contributed by atoms with E-state index >= 15 is 0 Å². The van der Waals surface area contributed by atoms with Crippen molar-refractivity contribution < 1.29 is 5.11 Å². The molecule has 126 valence electrons. The molecule has 23 heavy (non-hydrogen) atoms. The molecule has 7 nitrogen and oxygen atoms in total. The third-order valence-corrected chi connectivity index (χ3v) is 5.05. The SMILES string of the molecule is Oc1c(N2CCCC2)nc(N2CCCC2)nc1N1CCNCC1. The number of anilines is 3. The summed E-state index contributed by atoms with van der Waals surface area (Å²) in [7, 11) is 0. The number of rotatable bonds is 3. The second-order valence-corrected chi connectivity index (χ2v) is 6.64. The van der Waals surface area contributed by atoms with Crippen molar-refractivity contribution in [2.75, 3.05) is 67.1 Å². The van der Waals surface area contributed by atoms with E-state index in [0.717, 1.165) is 64.1 Å². The normalized spacial score (nSPS) is 22.2. The van der Waals surface area contributed by atoms with Gasteiger partial charge in [0, 0.05) is 52.4 Å². The molecule has 0 bridgehead atoms. The van der Waals surface area contributed by atoms with Crippen molar-refractivity contribution in [3.8, 4) is 5.75 Å². The van der Waals surface area contributed by atoms with Crippen LogP contribution in [-0.4, -0.2) is 67.4 Å². The largest absolute Gasteiger partial charge is 0.502 e. The Morgan fingerprint density at radius 1 is 0.696 bits per heavy atom. The third-order valence-electron chi connectivity index (χ3n) is 5.05. The van der Waals surface area contributed by atoms with Gasteiger partial charge in [-0.2, -0.15) is 9.97 Å². The van der Waals surface area contributed by atoms with Gasteiger partial charge in [0.05, 0.1) is 0 Å². The van der Waals surface area contributed by atoms with Crippen LogP contribution in [-0.2, 0) is 0 Å². The van der Waals surface area contributed by atoms with Crippen LogP contribution in [0.25, 0.3) is 0 Å². The second-order valence-electron chi connectivity index (χ2n) is 6.64. The van der Waals surface area contributed by atoms with Crippen molar-refractivity contribution in [2.45, 2.75) is 25.7 Å². The molecule has 3 aliphatic heterocycles. The van der Waals surface area contributed by atoms with Crippen molar-refractivity contribution in [2.24, 2.45) is 0 Å². The molecular weight excluding hydrogens is 292 g/mol. The Morgan fingerprint density at radius 2 is 1.17 bits per heavy atom. The van der Waals surface area contributed by atoms with Gasteiger partial charge >= 0.3 is 0 Å². The van der Waals surface area contributed by atoms with Gasteiger partial charge in [0.2, 0.25) is 11.7 Å². The van der Waals surface area contributed by atoms with Gasteiger partial charge in [0.25, 0.3) is 0 Å². The van der Waals surface area contributed by atoms with Crippen molar-refractivity contribution >= 4 is 17.6 Å². The van der Waals surface area contributed by atoms with Gasteiger partial charge < -0.3 is 25.1 Å². The fourth-order valence-corrected chi connectivity index (χ4v) is 3.73. The average molecular weight is 318 g/mol. The first-order chi connectivity index (χ1) is 11.3. The van der Waals surface area contributed by atoms with Crippen LogP contribution in [0.3, 0.4) is 0 Å². The lowest BCUT2D eigenvalue weighted by Gasteiger charge is -2.31. The Bertz CT molecular complexity index is 548. The summed E-state index contributed by atoms with van der Waals surface area (Å²) in [5.74, 6) is 2.49. The quantitative estimate of drug-likeness (QED) is 0.854. The molecule has 7 heteroatoms. The highest BCUT2D eigenvalue weighted by molar-refractivity contribution is 5.68. The van der Waals surface area contributed by atoms with Crippen LogP contribution in [0.1, 0.15) is 25.7 Å². The summed E-state index contributed by atoms with van der Waals surface area (Å²) >= 11 is 0. The van der Waals surface area contributed by atoms with Crippen molar-refractivity contribution in [3.05, 3.63) is 0 Å². The smallest absolute Gasteiger partial charge is 0.229 e. The molecule has 3 aliphatic rings. The predicted octanol–water partition coefficient (Wildman–Crippen LogP) is 0.792. The first-order valence-corrected chi connectivity index (χ1v) is 8.89. The summed E-state index contributed by atoms with van der Waals surface area (Å²) in [5.41, 5.74) is 0. The summed E-state index contributed by atoms with van der Waals surface area (Å²) in [4.78, 5) is 16.1. The number of nitrogens with one attached hydrogen (secondary N) is 1. The van der Waals surface area contributed by atoms with Crippen molar-refractivity contribution in [3.63, 3.8) is 0 Å². The van der Waals surface area contributed by atoms with E-state index in [4.69, 9.17) is 9.97 Å². The number of hydrogen-bond acceptors (Lipinski definition) is 7. The Labute approximate surface area is 137 Å². The lowest BCUT2D eigenvalue weighted by Crippen LogP contribution is -2.44. The molecule has 0 aromatic carbocycles. The standard InChI is InChI=1S/C16H26N6O/c23-13-14(20-7-1-2-8-20)18-16(22-9-3-4-10-22)19-15(13)21-11-5-17-6-12-21/h17,23H,1-12H2. The number of nitrogens with zero attached hydrogens (tertiary/aromatic N) is 5. The van der Waals surface area contributed by atoms with Gasteiger partial charge in [-0.15, -0.1) is 0 Å². The number of aromatic nitrogens is 2. The fraction of sp³-hybridized carbons (Fsp3) is 0.750. The molecule has 0 aliphatic carbocycles. The van der Waals surface area contributed by atoms with Crippen LogP contribution in [0.5, 0.6) is 5.75 Å². The van der Waals surface area contributed by atoms with Gasteiger partial charge in [-0.1, -0.05) is 0 Å². The Morgan fingerprint density at radius 3 is 1.74 bits per heavy atom. The zero-order chi connectivity index (χ0) is 15.6. The Kier molecular flexibility index (Phi) is 4.11. The van der Waals surface area contributed by atoms with Gasteiger partial charge in [-0.05, 0) is 25.7 Å². The average Bonchev–Trinajstić information content (AvgIpc) is 3.30. The minimum atomic E-state index is 0.261. The molecule has 0 saturated carbocycles. The monoisotopic (exact) mass is 318 g/mol. The van der Waals surface area contributed by atoms with Gasteiger partial charge in [0.15, 0.2) is 11.6 Å². The highest BCUT2D eigenvalue weighted by Crippen LogP contribution is 2.38. The van der Waals surface area contributed by atoms with E-state index in [2.05, 4.69) is 20.0 Å². The van der Waals surface area contributed by atoms with Crippen LogP contribution in [0.15, 0.2) is 0 Å². The van der Waals surface area contributed by atoms with Crippen LogP contribution in [0.4, 0.5) is 17.6 Å². The highest BCUT2D eigenvalue weighted by atomic mass is 16.3. The molecule has 3 saturated heterocycles. The lowest BCUT2D eigenvalue weighted by molar-refractivity contribution is 0.463. The summed E-state index contributed by atoms with van der Waals surface area (Å²) in [6, 6.07) is 0. The predicted molar refractivity (Wildman–Crippen MR) is 91.7 cm³/mol. The van der Waals surface area contributed by atoms with E-state index in [1.54, 1.807) is 0 Å². The number of hydrogen-bond donors (Lipinski definition) is 2. The van der Waals surface area contributed by atoms with Gasteiger partial charge in [-0.3, -0.25) is 0 Å². The van der Waals surface area contributed by atoms with E-state index in [1.165, 1.54) is 25.7 Å². The Balaban J connectivity index is 1.72. The summed E-state index contributed by atoms with van der Waals surface area (Å²) in [6.45, 7) is 7.61. The minimum absolute atomic E-state index is 0.261. The molecule has 0 spiro atoms. The molecule has 3 fully saturated rings. The maximum Gasteiger partial charge on any atom is 0.229 e. The van der Waals surface area contributed by atoms with Crippen LogP contribution < -0.4 is 20.0 Å². The molecule has 1 aromatic rings. The molecule has 0 amide bonds. The lowest BCUT2D eigenvalue weighted by atomic mass is 10.3. The summed E-state index contributed by atoms with van der Waals surface area (Å²) < 4.78 is 0. The minimum Gasteiger partial charge on any atom is -0.502 e. The zero-order valence-electron chi connectivity index (χ0n) is 13.7. The number of piperazine rings is 1. The molecule has 0 radical (unpaired) electrons. The van der Waals surface area contributed by atoms with Crippen LogP contribution in [0.2, 0.25) is 0 Å². The molecule has 0 atom stereocenters. The zero-order valence-corrected chi connectivity index (χ0v) is 13.7. The molecular formula is C16H26N6O. The first-order valence-electron chi connectivity index (χ1n) is 8.89. The Hall–Kier alpha value is -1.76. The van der Waals surface area contributed by atoms with E-state index in [-0.39, 0.29) is 5.75 Å². The topological polar surface area (TPSA) is 67.8 Å². The fourth-order valence-electron chi connectivity index (χ4n) is 3.73.